The monoisotopic (exact) mass is 1100 g/mol. The van der Waals surface area contributed by atoms with Gasteiger partial charge in [0, 0.05) is 19.3 Å². The van der Waals surface area contributed by atoms with Crippen LogP contribution >= 0.6 is 0 Å². The number of rotatable bonds is 58. The molecular weight excluding hydrogens is 985 g/mol. The van der Waals surface area contributed by atoms with Gasteiger partial charge in [-0.15, -0.1) is 0 Å². The first kappa shape index (κ1) is 75.3. The van der Waals surface area contributed by atoms with Crippen molar-refractivity contribution in [3.8, 4) is 0 Å². The number of hydrogen-bond donors (Lipinski definition) is 0. The Morgan fingerprint density at radius 1 is 0.263 bits per heavy atom. The Kier molecular flexibility index (Phi) is 62.9. The minimum atomic E-state index is -0.792. The van der Waals surface area contributed by atoms with E-state index in [0.717, 1.165) is 148 Å². The van der Waals surface area contributed by atoms with E-state index < -0.39 is 6.10 Å². The van der Waals surface area contributed by atoms with Crippen LogP contribution in [0.15, 0.2) is 146 Å². The highest BCUT2D eigenvalue weighted by Crippen LogP contribution is 2.15. The molecule has 0 aromatic heterocycles. The first-order valence-corrected chi connectivity index (χ1v) is 32.8. The molecule has 1 unspecified atom stereocenters. The van der Waals surface area contributed by atoms with E-state index in [1.807, 2.05) is 0 Å². The van der Waals surface area contributed by atoms with E-state index >= 15 is 0 Å². The van der Waals surface area contributed by atoms with Crippen LogP contribution in [0, 0.1) is 0 Å². The second kappa shape index (κ2) is 66.8. The number of carbonyl (C=O) groups excluding carboxylic acids is 3. The minimum Gasteiger partial charge on any atom is -0.462 e. The summed E-state index contributed by atoms with van der Waals surface area (Å²) in [6.07, 6.45) is 95.8. The van der Waals surface area contributed by atoms with Crippen molar-refractivity contribution in [3.63, 3.8) is 0 Å². The molecule has 0 rings (SSSR count). The van der Waals surface area contributed by atoms with Gasteiger partial charge in [0.05, 0.1) is 0 Å². The smallest absolute Gasteiger partial charge is 0.306 e. The summed E-state index contributed by atoms with van der Waals surface area (Å²) < 4.78 is 16.9. The molecule has 0 spiro atoms. The SMILES string of the molecule is CC/C=C\C/C=C\C/C=C\C/C=C\C/C=C\C/C=C\CCCCCCCCCCCCC(=O)OCC(COC(=O)CCCCCCCCCC)OC(=O)CCCCCCCC/C=C\C/C=C\C/C=C\C/C=C\C/C=C\C/C=C\CC. The molecule has 0 aromatic carbocycles. The van der Waals surface area contributed by atoms with Gasteiger partial charge in [0.25, 0.3) is 0 Å². The average molecular weight is 1110 g/mol. The lowest BCUT2D eigenvalue weighted by Gasteiger charge is -2.18. The van der Waals surface area contributed by atoms with E-state index in [0.29, 0.717) is 19.3 Å². The molecule has 0 aromatic rings. The van der Waals surface area contributed by atoms with E-state index in [9.17, 15) is 14.4 Å². The van der Waals surface area contributed by atoms with E-state index in [1.54, 1.807) is 0 Å². The first-order valence-electron chi connectivity index (χ1n) is 32.8. The summed E-state index contributed by atoms with van der Waals surface area (Å²) in [5, 5.41) is 0. The molecule has 80 heavy (non-hydrogen) atoms. The Bertz CT molecular complexity index is 1750. The molecule has 0 N–H and O–H groups in total. The van der Waals surface area contributed by atoms with Gasteiger partial charge in [-0.3, -0.25) is 14.4 Å². The summed E-state index contributed by atoms with van der Waals surface area (Å²) in [6.45, 7) is 6.37. The lowest BCUT2D eigenvalue weighted by Crippen LogP contribution is -2.30. The summed E-state index contributed by atoms with van der Waals surface area (Å²) in [7, 11) is 0. The molecule has 0 fully saturated rings. The standard InChI is InChI=1S/C74H120O6/c1-4-7-10-13-16-19-21-23-25-27-29-31-33-35-36-37-38-40-41-43-45-47-49-51-53-55-58-61-64-67-73(76)79-70-71(69-78-72(75)66-63-60-57-18-15-12-9-6-3)80-74(77)68-65-62-59-56-54-52-50-48-46-44-42-39-34-32-30-28-26-24-22-20-17-14-11-8-5-2/h7-8,10-11,16-17,19-20,23-26,29-32,35-36,38-40,42,46,48,71H,4-6,9,12-15,18,21-22,27-28,33-34,37,41,43-45,47,49-70H2,1-3H3/b10-7-,11-8-,19-16-,20-17-,25-23-,26-24-,31-29-,32-30-,36-35-,40-38-,42-39-,48-46-. The van der Waals surface area contributed by atoms with Crippen molar-refractivity contribution in [2.24, 2.45) is 0 Å². The van der Waals surface area contributed by atoms with Crippen LogP contribution in [-0.2, 0) is 28.6 Å². The highest BCUT2D eigenvalue weighted by atomic mass is 16.6. The van der Waals surface area contributed by atoms with E-state index in [-0.39, 0.29) is 31.1 Å². The predicted octanol–water partition coefficient (Wildman–Crippen LogP) is 22.7. The van der Waals surface area contributed by atoms with Gasteiger partial charge in [-0.2, -0.15) is 0 Å². The highest BCUT2D eigenvalue weighted by molar-refractivity contribution is 5.71. The first-order chi connectivity index (χ1) is 39.5. The molecule has 0 saturated carbocycles. The summed E-state index contributed by atoms with van der Waals surface area (Å²) in [5.74, 6) is -0.911. The summed E-state index contributed by atoms with van der Waals surface area (Å²) in [4.78, 5) is 38.2. The van der Waals surface area contributed by atoms with E-state index in [4.69, 9.17) is 14.2 Å². The lowest BCUT2D eigenvalue weighted by molar-refractivity contribution is -0.167. The number of unbranched alkanes of at least 4 members (excludes halogenated alkanes) is 23. The Morgan fingerprint density at radius 2 is 0.487 bits per heavy atom. The third-order valence-corrected chi connectivity index (χ3v) is 13.6. The van der Waals surface area contributed by atoms with Crippen molar-refractivity contribution in [1.82, 2.24) is 0 Å². The van der Waals surface area contributed by atoms with Crippen LogP contribution in [0.5, 0.6) is 0 Å². The fourth-order valence-electron chi connectivity index (χ4n) is 8.74. The minimum absolute atomic E-state index is 0.0882. The number of carbonyl (C=O) groups is 3. The number of hydrogen-bond acceptors (Lipinski definition) is 6. The number of ether oxygens (including phenoxy) is 3. The highest BCUT2D eigenvalue weighted by Gasteiger charge is 2.19. The second-order valence-corrected chi connectivity index (χ2v) is 21.3. The Hall–Kier alpha value is -4.71. The van der Waals surface area contributed by atoms with E-state index in [1.165, 1.54) is 96.3 Å². The molecule has 0 bridgehead atoms. The molecule has 0 aliphatic rings. The molecule has 452 valence electrons. The van der Waals surface area contributed by atoms with Crippen LogP contribution in [0.1, 0.15) is 284 Å². The molecule has 0 radical (unpaired) electrons. The molecule has 0 heterocycles. The zero-order chi connectivity index (χ0) is 57.8. The van der Waals surface area contributed by atoms with Gasteiger partial charge in [-0.1, -0.05) is 289 Å². The molecule has 0 amide bonds. The van der Waals surface area contributed by atoms with Crippen molar-refractivity contribution in [2.45, 2.75) is 290 Å². The maximum absolute atomic E-state index is 12.9. The van der Waals surface area contributed by atoms with Crippen molar-refractivity contribution < 1.29 is 28.6 Å². The fourth-order valence-corrected chi connectivity index (χ4v) is 8.74. The van der Waals surface area contributed by atoms with Crippen LogP contribution in [-0.4, -0.2) is 37.2 Å². The van der Waals surface area contributed by atoms with Crippen LogP contribution in [0.25, 0.3) is 0 Å². The largest absolute Gasteiger partial charge is 0.462 e. The summed E-state index contributed by atoms with van der Waals surface area (Å²) in [5.41, 5.74) is 0. The van der Waals surface area contributed by atoms with Gasteiger partial charge in [0.1, 0.15) is 13.2 Å². The van der Waals surface area contributed by atoms with Gasteiger partial charge in [-0.25, -0.2) is 0 Å². The van der Waals surface area contributed by atoms with Crippen molar-refractivity contribution in [2.75, 3.05) is 13.2 Å². The zero-order valence-electron chi connectivity index (χ0n) is 51.8. The lowest BCUT2D eigenvalue weighted by atomic mass is 10.1. The van der Waals surface area contributed by atoms with E-state index in [2.05, 4.69) is 167 Å². The van der Waals surface area contributed by atoms with Crippen molar-refractivity contribution >= 4 is 17.9 Å². The Morgan fingerprint density at radius 3 is 0.762 bits per heavy atom. The Balaban J connectivity index is 4.24. The maximum Gasteiger partial charge on any atom is 0.306 e. The average Bonchev–Trinajstić information content (AvgIpc) is 3.46. The molecule has 0 aliphatic heterocycles. The third kappa shape index (κ3) is 64.1. The van der Waals surface area contributed by atoms with Crippen molar-refractivity contribution in [1.29, 1.82) is 0 Å². The predicted molar refractivity (Wildman–Crippen MR) is 348 cm³/mol. The summed E-state index contributed by atoms with van der Waals surface area (Å²) >= 11 is 0. The molecule has 6 heteroatoms. The van der Waals surface area contributed by atoms with Crippen LogP contribution in [0.3, 0.4) is 0 Å². The summed E-state index contributed by atoms with van der Waals surface area (Å²) in [6, 6.07) is 0. The number of esters is 3. The van der Waals surface area contributed by atoms with Gasteiger partial charge in [-0.05, 0) is 122 Å². The molecule has 0 saturated heterocycles. The molecule has 6 nitrogen and oxygen atoms in total. The third-order valence-electron chi connectivity index (χ3n) is 13.6. The zero-order valence-corrected chi connectivity index (χ0v) is 51.8. The topological polar surface area (TPSA) is 78.9 Å². The number of allylic oxidation sites excluding steroid dienone is 24. The van der Waals surface area contributed by atoms with Crippen LogP contribution in [0.4, 0.5) is 0 Å². The molecule has 0 aliphatic carbocycles. The van der Waals surface area contributed by atoms with Crippen molar-refractivity contribution in [3.05, 3.63) is 146 Å². The van der Waals surface area contributed by atoms with Gasteiger partial charge in [0.2, 0.25) is 0 Å². The molecule has 1 atom stereocenters. The normalized spacial score (nSPS) is 13.1. The van der Waals surface area contributed by atoms with Gasteiger partial charge >= 0.3 is 17.9 Å². The van der Waals surface area contributed by atoms with Gasteiger partial charge < -0.3 is 14.2 Å². The quantitative estimate of drug-likeness (QED) is 0.0261. The maximum atomic E-state index is 12.9. The Labute approximate surface area is 493 Å². The fraction of sp³-hybridized carbons (Fsp3) is 0.635. The molecular formula is C74H120O6. The van der Waals surface area contributed by atoms with Crippen LogP contribution < -0.4 is 0 Å². The van der Waals surface area contributed by atoms with Gasteiger partial charge in [0.15, 0.2) is 6.10 Å². The van der Waals surface area contributed by atoms with Crippen LogP contribution in [0.2, 0.25) is 0 Å². The second-order valence-electron chi connectivity index (χ2n) is 21.3.